The number of aliphatic hydroxyl groups excluding tert-OH is 1. The minimum atomic E-state index is -0.658. The lowest BCUT2D eigenvalue weighted by Crippen LogP contribution is -2.39. The van der Waals surface area contributed by atoms with Gasteiger partial charge >= 0.3 is 6.03 Å². The van der Waals surface area contributed by atoms with E-state index in [0.717, 1.165) is 38.9 Å². The summed E-state index contributed by atoms with van der Waals surface area (Å²) >= 11 is 12.6. The number of nitrogens with one attached hydrogen (secondary N) is 2. The summed E-state index contributed by atoms with van der Waals surface area (Å²) in [6, 6.07) is 33.6. The van der Waals surface area contributed by atoms with Gasteiger partial charge in [0.1, 0.15) is 5.15 Å². The van der Waals surface area contributed by atoms with Crippen molar-refractivity contribution in [2.75, 3.05) is 0 Å². The number of hydrogen-bond donors (Lipinski definition) is 3. The van der Waals surface area contributed by atoms with Crippen molar-refractivity contribution < 1.29 is 19.4 Å². The lowest BCUT2D eigenvalue weighted by atomic mass is 9.90. The Balaban J connectivity index is 1.19. The Kier molecular flexibility index (Phi) is 10.6. The van der Waals surface area contributed by atoms with Gasteiger partial charge in [-0.25, -0.2) is 9.78 Å². The molecule has 3 N–H and O–H groups in total. The molecule has 1 aliphatic rings. The minimum absolute atomic E-state index is 0.0267. The van der Waals surface area contributed by atoms with Crippen molar-refractivity contribution in [3.8, 4) is 11.1 Å². The molecule has 1 saturated heterocycles. The molecule has 5 aromatic rings. The lowest BCUT2D eigenvalue weighted by molar-refractivity contribution is -0.276. The van der Waals surface area contributed by atoms with Crippen LogP contribution < -0.4 is 10.6 Å². The van der Waals surface area contributed by atoms with Crippen molar-refractivity contribution in [1.82, 2.24) is 20.2 Å². The smallest absolute Gasteiger partial charge is 0.315 e. The molecule has 0 saturated carbocycles. The number of rotatable bonds is 10. The number of carbonyl (C=O) groups excluding carboxylic acids is 1. The largest absolute Gasteiger partial charge is 0.392 e. The zero-order valence-corrected chi connectivity index (χ0v) is 27.4. The Morgan fingerprint density at radius 2 is 1.49 bits per heavy atom. The average molecular weight is 672 g/mol. The van der Waals surface area contributed by atoms with Crippen LogP contribution in [0.5, 0.6) is 0 Å². The van der Waals surface area contributed by atoms with Gasteiger partial charge in [0.15, 0.2) is 11.4 Å². The van der Waals surface area contributed by atoms with Gasteiger partial charge in [-0.3, -0.25) is 0 Å². The summed E-state index contributed by atoms with van der Waals surface area (Å²) in [6.45, 7) is 3.36. The Morgan fingerprint density at radius 3 is 2.19 bits per heavy atom. The second kappa shape index (κ2) is 15.2. The molecule has 4 aromatic carbocycles. The van der Waals surface area contributed by atoms with Crippen LogP contribution in [0.2, 0.25) is 10.3 Å². The first kappa shape index (κ1) is 32.7. The topological polar surface area (TPSA) is 97.6 Å². The molecule has 4 atom stereocenters. The van der Waals surface area contributed by atoms with Crippen LogP contribution in [0.4, 0.5) is 4.79 Å². The van der Waals surface area contributed by atoms with Gasteiger partial charge in [0.25, 0.3) is 0 Å². The molecule has 6 rings (SSSR count). The number of urea groups is 1. The Labute approximate surface area is 284 Å². The van der Waals surface area contributed by atoms with Crippen molar-refractivity contribution in [2.45, 2.75) is 51.7 Å². The van der Waals surface area contributed by atoms with Gasteiger partial charge in [-0.05, 0) is 45.5 Å². The zero-order chi connectivity index (χ0) is 32.8. The van der Waals surface area contributed by atoms with E-state index in [0.29, 0.717) is 24.8 Å². The van der Waals surface area contributed by atoms with E-state index in [1.165, 1.54) is 0 Å². The minimum Gasteiger partial charge on any atom is -0.392 e. The molecule has 4 unspecified atom stereocenters. The molecular weight excluding hydrogens is 635 g/mol. The molecule has 1 aliphatic heterocycles. The van der Waals surface area contributed by atoms with Gasteiger partial charge in [-0.1, -0.05) is 121 Å². The molecule has 8 nitrogen and oxygen atoms in total. The first-order chi connectivity index (χ1) is 22.9. The highest BCUT2D eigenvalue weighted by Crippen LogP contribution is 2.43. The van der Waals surface area contributed by atoms with Gasteiger partial charge in [0.05, 0.1) is 31.7 Å². The summed E-state index contributed by atoms with van der Waals surface area (Å²) in [5, 5.41) is 16.0. The van der Waals surface area contributed by atoms with Crippen LogP contribution in [0, 0.1) is 5.92 Å². The fourth-order valence-corrected chi connectivity index (χ4v) is 6.05. The molecule has 0 bridgehead atoms. The van der Waals surface area contributed by atoms with E-state index in [1.54, 1.807) is 10.9 Å². The quantitative estimate of drug-likeness (QED) is 0.141. The van der Waals surface area contributed by atoms with Crippen LogP contribution in [0.1, 0.15) is 47.1 Å². The number of amides is 2. The number of benzene rings is 4. The Bertz CT molecular complexity index is 1800. The summed E-state index contributed by atoms with van der Waals surface area (Å²) in [5.41, 5.74) is 6.71. The maximum absolute atomic E-state index is 12.4. The molecule has 2 heterocycles. The monoisotopic (exact) mass is 670 g/mol. The van der Waals surface area contributed by atoms with E-state index >= 15 is 0 Å². The number of halogens is 2. The van der Waals surface area contributed by atoms with Gasteiger partial charge in [0, 0.05) is 24.6 Å². The predicted octanol–water partition coefficient (Wildman–Crippen LogP) is 7.84. The van der Waals surface area contributed by atoms with E-state index in [1.807, 2.05) is 91.0 Å². The molecular formula is C37H36Cl2N4O4. The first-order valence-corrected chi connectivity index (χ1v) is 16.2. The molecule has 0 radical (unpaired) electrons. The van der Waals surface area contributed by atoms with E-state index < -0.39 is 6.29 Å². The number of aromatic nitrogens is 2. The maximum atomic E-state index is 12.4. The van der Waals surface area contributed by atoms with Crippen LogP contribution in [-0.4, -0.2) is 26.8 Å². The second-order valence-electron chi connectivity index (χ2n) is 11.6. The van der Waals surface area contributed by atoms with Gasteiger partial charge < -0.3 is 29.8 Å². The van der Waals surface area contributed by atoms with Crippen molar-refractivity contribution in [2.24, 2.45) is 5.92 Å². The van der Waals surface area contributed by atoms with Crippen molar-refractivity contribution in [3.05, 3.63) is 148 Å². The standard InChI is InChI=1S/C37H36Cl2N4O4/c1-24-32(21-43-23-42-34(38)35(43)39)46-36(47-33(24)28-15-13-26(22-44)14-16-28)31-12-6-11-30(18-31)29-10-5-9-27(17-29)20-41-37(45)40-19-25-7-3-2-4-8-25/h2-18,23-24,32-33,36,44H,19-22H2,1H3,(H2,40,41,45). The van der Waals surface area contributed by atoms with Crippen molar-refractivity contribution in [1.29, 1.82) is 0 Å². The molecule has 1 aromatic heterocycles. The molecule has 1 fully saturated rings. The zero-order valence-electron chi connectivity index (χ0n) is 25.9. The summed E-state index contributed by atoms with van der Waals surface area (Å²) in [6.07, 6.45) is 0.404. The predicted molar refractivity (Wildman–Crippen MR) is 183 cm³/mol. The molecule has 0 spiro atoms. The van der Waals surface area contributed by atoms with E-state index in [4.69, 9.17) is 32.7 Å². The van der Waals surface area contributed by atoms with Crippen molar-refractivity contribution >= 4 is 29.2 Å². The van der Waals surface area contributed by atoms with Gasteiger partial charge in [-0.15, -0.1) is 0 Å². The maximum Gasteiger partial charge on any atom is 0.315 e. The number of imidazole rings is 1. The molecule has 47 heavy (non-hydrogen) atoms. The fraction of sp³-hybridized carbons (Fsp3) is 0.243. The number of carbonyl (C=O) groups is 1. The highest BCUT2D eigenvalue weighted by atomic mass is 35.5. The third-order valence-electron chi connectivity index (χ3n) is 8.40. The van der Waals surface area contributed by atoms with Crippen LogP contribution >= 0.6 is 23.2 Å². The number of nitrogens with zero attached hydrogens (tertiary/aromatic N) is 2. The molecule has 0 aliphatic carbocycles. The third kappa shape index (κ3) is 8.04. The third-order valence-corrected chi connectivity index (χ3v) is 9.17. The van der Waals surface area contributed by atoms with E-state index in [-0.39, 0.29) is 35.9 Å². The van der Waals surface area contributed by atoms with Crippen LogP contribution in [0.25, 0.3) is 11.1 Å². The van der Waals surface area contributed by atoms with Crippen LogP contribution in [0.3, 0.4) is 0 Å². The van der Waals surface area contributed by atoms with Crippen LogP contribution in [-0.2, 0) is 35.7 Å². The number of aliphatic hydroxyl groups is 1. The summed E-state index contributed by atoms with van der Waals surface area (Å²) < 4.78 is 15.1. The Hall–Kier alpha value is -4.18. The average Bonchev–Trinajstić information content (AvgIpc) is 3.43. The van der Waals surface area contributed by atoms with Crippen molar-refractivity contribution in [3.63, 3.8) is 0 Å². The highest BCUT2D eigenvalue weighted by Gasteiger charge is 2.39. The summed E-state index contributed by atoms with van der Waals surface area (Å²) in [4.78, 5) is 16.6. The van der Waals surface area contributed by atoms with Gasteiger partial charge in [-0.2, -0.15) is 0 Å². The van der Waals surface area contributed by atoms with E-state index in [2.05, 4.69) is 34.7 Å². The molecule has 242 valence electrons. The molecule has 2 amide bonds. The fourth-order valence-electron chi connectivity index (χ4n) is 5.74. The Morgan fingerprint density at radius 1 is 0.809 bits per heavy atom. The first-order valence-electron chi connectivity index (χ1n) is 15.5. The highest BCUT2D eigenvalue weighted by molar-refractivity contribution is 6.40. The second-order valence-corrected chi connectivity index (χ2v) is 12.4. The van der Waals surface area contributed by atoms with Gasteiger partial charge in [0.2, 0.25) is 0 Å². The van der Waals surface area contributed by atoms with E-state index in [9.17, 15) is 9.90 Å². The molecule has 10 heteroatoms. The summed E-state index contributed by atoms with van der Waals surface area (Å²) in [5.74, 6) is -0.0410. The lowest BCUT2D eigenvalue weighted by Gasteiger charge is -2.41. The number of ether oxygens (including phenoxy) is 2. The van der Waals surface area contributed by atoms with Crippen LogP contribution in [0.15, 0.2) is 109 Å². The SMILES string of the molecule is CC1C(Cn2cnc(Cl)c2Cl)OC(c2cccc(-c3cccc(CNC(=O)NCc4ccccc4)c3)c2)OC1c1ccc(CO)cc1. The normalized spacial score (nSPS) is 19.3. The summed E-state index contributed by atoms with van der Waals surface area (Å²) in [7, 11) is 0. The number of hydrogen-bond acceptors (Lipinski definition) is 5.